The molecule has 1 aliphatic carbocycles. The van der Waals surface area contributed by atoms with Gasteiger partial charge in [0.05, 0.1) is 0 Å². The number of amides is 1. The van der Waals surface area contributed by atoms with Gasteiger partial charge in [-0.2, -0.15) is 0 Å². The minimum Gasteiger partial charge on any atom is -0.396 e. The number of aliphatic hydroxyl groups excluding tert-OH is 1. The van der Waals surface area contributed by atoms with Crippen LogP contribution in [0.15, 0.2) is 0 Å². The summed E-state index contributed by atoms with van der Waals surface area (Å²) in [6, 6.07) is 0. The van der Waals surface area contributed by atoms with E-state index < -0.39 is 0 Å². The number of hydrogen-bond donors (Lipinski definition) is 2. The topological polar surface area (TPSA) is 49.3 Å². The van der Waals surface area contributed by atoms with Crippen LogP contribution < -0.4 is 5.32 Å². The first-order chi connectivity index (χ1) is 7.77. The molecule has 1 rings (SSSR count). The Labute approximate surface area is 103 Å². The molecule has 0 aromatic rings. The Kier molecular flexibility index (Phi) is 6.81. The minimum absolute atomic E-state index is 0.119. The Bertz CT molecular complexity index is 211. The molecule has 0 aromatic heterocycles. The predicted octanol–water partition coefficient (Wildman–Crippen LogP) is 1.92. The first kappa shape index (κ1) is 13.8. The van der Waals surface area contributed by atoms with Crippen LogP contribution in [0.5, 0.6) is 0 Å². The van der Waals surface area contributed by atoms with Gasteiger partial charge >= 0.3 is 0 Å². The summed E-state index contributed by atoms with van der Waals surface area (Å²) in [7, 11) is 0. The fourth-order valence-electron chi connectivity index (χ4n) is 2.34. The second kappa shape index (κ2) is 7.91. The number of nitrogens with one attached hydrogen (secondary N) is 1. The van der Waals surface area contributed by atoms with E-state index in [1.807, 2.05) is 0 Å². The molecule has 2 unspecified atom stereocenters. The SMILES string of the molecule is O=C(CCCCCl)NCC1CCCC1CO. The molecule has 0 saturated heterocycles. The van der Waals surface area contributed by atoms with Crippen molar-refractivity contribution in [2.75, 3.05) is 19.0 Å². The average molecular weight is 248 g/mol. The van der Waals surface area contributed by atoms with Gasteiger partial charge in [0.2, 0.25) is 5.91 Å². The molecule has 0 spiro atoms. The van der Waals surface area contributed by atoms with Crippen LogP contribution in [0.2, 0.25) is 0 Å². The number of alkyl halides is 1. The van der Waals surface area contributed by atoms with E-state index in [0.29, 0.717) is 24.1 Å². The van der Waals surface area contributed by atoms with E-state index in [-0.39, 0.29) is 12.5 Å². The van der Waals surface area contributed by atoms with E-state index in [1.165, 1.54) is 6.42 Å². The highest BCUT2D eigenvalue weighted by Gasteiger charge is 2.26. The molecule has 0 radical (unpaired) electrons. The molecule has 4 heteroatoms. The predicted molar refractivity (Wildman–Crippen MR) is 65.5 cm³/mol. The van der Waals surface area contributed by atoms with E-state index in [0.717, 1.165) is 32.2 Å². The number of hydrogen-bond acceptors (Lipinski definition) is 2. The lowest BCUT2D eigenvalue weighted by Gasteiger charge is -2.17. The minimum atomic E-state index is 0.119. The van der Waals surface area contributed by atoms with Gasteiger partial charge in [-0.05, 0) is 37.5 Å². The molecule has 1 aliphatic rings. The lowest BCUT2D eigenvalue weighted by Crippen LogP contribution is -2.31. The second-order valence-corrected chi connectivity index (χ2v) is 4.96. The van der Waals surface area contributed by atoms with Gasteiger partial charge in [-0.25, -0.2) is 0 Å². The van der Waals surface area contributed by atoms with Crippen LogP contribution in [0.1, 0.15) is 38.5 Å². The van der Waals surface area contributed by atoms with Gasteiger partial charge in [-0.15, -0.1) is 11.6 Å². The van der Waals surface area contributed by atoms with Crippen molar-refractivity contribution in [3.05, 3.63) is 0 Å². The van der Waals surface area contributed by atoms with Gasteiger partial charge in [-0.1, -0.05) is 6.42 Å². The molecular weight excluding hydrogens is 226 g/mol. The van der Waals surface area contributed by atoms with Gasteiger partial charge in [0.15, 0.2) is 0 Å². The van der Waals surface area contributed by atoms with Crippen molar-refractivity contribution in [3.63, 3.8) is 0 Å². The lowest BCUT2D eigenvalue weighted by atomic mass is 9.97. The molecule has 16 heavy (non-hydrogen) atoms. The summed E-state index contributed by atoms with van der Waals surface area (Å²) in [6.07, 6.45) is 5.75. The van der Waals surface area contributed by atoms with Crippen LogP contribution in [0.4, 0.5) is 0 Å². The third-order valence-corrected chi connectivity index (χ3v) is 3.67. The third kappa shape index (κ3) is 4.71. The van der Waals surface area contributed by atoms with Gasteiger partial charge in [0.25, 0.3) is 0 Å². The summed E-state index contributed by atoms with van der Waals surface area (Å²) in [5.74, 6) is 1.61. The molecule has 2 atom stereocenters. The van der Waals surface area contributed by atoms with Crippen molar-refractivity contribution in [3.8, 4) is 0 Å². The molecule has 1 saturated carbocycles. The van der Waals surface area contributed by atoms with Crippen molar-refractivity contribution in [2.24, 2.45) is 11.8 Å². The van der Waals surface area contributed by atoms with Gasteiger partial charge in [0, 0.05) is 25.5 Å². The largest absolute Gasteiger partial charge is 0.396 e. The fourth-order valence-corrected chi connectivity index (χ4v) is 2.53. The molecule has 0 aliphatic heterocycles. The number of unbranched alkanes of at least 4 members (excludes halogenated alkanes) is 1. The Morgan fingerprint density at radius 3 is 2.75 bits per heavy atom. The molecule has 1 amide bonds. The normalized spacial score (nSPS) is 24.6. The summed E-state index contributed by atoms with van der Waals surface area (Å²) in [6.45, 7) is 0.984. The quantitative estimate of drug-likeness (QED) is 0.534. The highest BCUT2D eigenvalue weighted by atomic mass is 35.5. The van der Waals surface area contributed by atoms with Crippen molar-refractivity contribution in [1.82, 2.24) is 5.32 Å². The molecule has 94 valence electrons. The maximum absolute atomic E-state index is 11.5. The number of halogens is 1. The average Bonchev–Trinajstić information content (AvgIpc) is 2.74. The van der Waals surface area contributed by atoms with Crippen LogP contribution >= 0.6 is 11.6 Å². The molecule has 3 nitrogen and oxygen atoms in total. The molecule has 2 N–H and O–H groups in total. The summed E-state index contributed by atoms with van der Waals surface area (Å²) in [5, 5.41) is 12.1. The molecule has 0 bridgehead atoms. The summed E-state index contributed by atoms with van der Waals surface area (Å²) in [5.41, 5.74) is 0. The van der Waals surface area contributed by atoms with Crippen LogP contribution in [-0.4, -0.2) is 30.0 Å². The van der Waals surface area contributed by atoms with Crippen molar-refractivity contribution in [2.45, 2.75) is 38.5 Å². The van der Waals surface area contributed by atoms with E-state index in [9.17, 15) is 4.79 Å². The Morgan fingerprint density at radius 2 is 2.06 bits per heavy atom. The van der Waals surface area contributed by atoms with Crippen LogP contribution in [-0.2, 0) is 4.79 Å². The summed E-state index contributed by atoms with van der Waals surface area (Å²) >= 11 is 5.54. The van der Waals surface area contributed by atoms with E-state index in [4.69, 9.17) is 16.7 Å². The van der Waals surface area contributed by atoms with E-state index in [2.05, 4.69) is 5.32 Å². The number of aliphatic hydroxyl groups is 1. The smallest absolute Gasteiger partial charge is 0.220 e. The highest BCUT2D eigenvalue weighted by molar-refractivity contribution is 6.17. The molecule has 0 heterocycles. The van der Waals surface area contributed by atoms with Crippen LogP contribution in [0.3, 0.4) is 0 Å². The lowest BCUT2D eigenvalue weighted by molar-refractivity contribution is -0.121. The summed E-state index contributed by atoms with van der Waals surface area (Å²) in [4.78, 5) is 11.5. The summed E-state index contributed by atoms with van der Waals surface area (Å²) < 4.78 is 0. The zero-order valence-electron chi connectivity index (χ0n) is 9.75. The third-order valence-electron chi connectivity index (χ3n) is 3.40. The van der Waals surface area contributed by atoms with Crippen LogP contribution in [0.25, 0.3) is 0 Å². The Hall–Kier alpha value is -0.280. The molecular formula is C12H22ClNO2. The van der Waals surface area contributed by atoms with E-state index in [1.54, 1.807) is 0 Å². The monoisotopic (exact) mass is 247 g/mol. The Balaban J connectivity index is 2.11. The van der Waals surface area contributed by atoms with Crippen molar-refractivity contribution < 1.29 is 9.90 Å². The zero-order valence-corrected chi connectivity index (χ0v) is 10.5. The zero-order chi connectivity index (χ0) is 11.8. The van der Waals surface area contributed by atoms with Gasteiger partial charge in [0.1, 0.15) is 0 Å². The van der Waals surface area contributed by atoms with Crippen molar-refractivity contribution >= 4 is 17.5 Å². The van der Waals surface area contributed by atoms with Crippen molar-refractivity contribution in [1.29, 1.82) is 0 Å². The maximum atomic E-state index is 11.5. The highest BCUT2D eigenvalue weighted by Crippen LogP contribution is 2.30. The standard InChI is InChI=1S/C12H22ClNO2/c13-7-2-1-6-12(16)14-8-10-4-3-5-11(10)9-15/h10-11,15H,1-9H2,(H,14,16). The molecule has 0 aromatic carbocycles. The maximum Gasteiger partial charge on any atom is 0.220 e. The van der Waals surface area contributed by atoms with Gasteiger partial charge < -0.3 is 10.4 Å². The second-order valence-electron chi connectivity index (χ2n) is 4.58. The van der Waals surface area contributed by atoms with E-state index >= 15 is 0 Å². The number of carbonyl (C=O) groups excluding carboxylic acids is 1. The first-order valence-corrected chi connectivity index (χ1v) is 6.75. The Morgan fingerprint density at radius 1 is 1.31 bits per heavy atom. The van der Waals surface area contributed by atoms with Gasteiger partial charge in [-0.3, -0.25) is 4.79 Å². The number of carbonyl (C=O) groups is 1. The first-order valence-electron chi connectivity index (χ1n) is 6.21. The fraction of sp³-hybridized carbons (Fsp3) is 0.917. The van der Waals surface area contributed by atoms with Crippen LogP contribution in [0, 0.1) is 11.8 Å². The number of rotatable bonds is 7. The molecule has 1 fully saturated rings.